The Bertz CT molecular complexity index is 7440. The van der Waals surface area contributed by atoms with Crippen LogP contribution in [0.25, 0.3) is 24.3 Å². The van der Waals surface area contributed by atoms with Gasteiger partial charge in [0.25, 0.3) is 29.5 Å². The Kier molecular flexibility index (Phi) is 30.3. The van der Waals surface area contributed by atoms with Crippen LogP contribution in [0.5, 0.6) is 0 Å². The number of nitrogens with one attached hydrogen (secondary N) is 10. The molecule has 138 heavy (non-hydrogen) atoms. The summed E-state index contributed by atoms with van der Waals surface area (Å²) in [7, 11) is -11.0. The fourth-order valence-electron chi connectivity index (χ4n) is 15.2. The van der Waals surface area contributed by atoms with E-state index in [1.165, 1.54) is 78.1 Å². The lowest BCUT2D eigenvalue weighted by Crippen LogP contribution is -2.42. The largest absolute Gasteiger partial charge is 0.345 e. The molecular formula is C98H98N20O15S5. The lowest BCUT2D eigenvalue weighted by atomic mass is 9.94. The Hall–Kier alpha value is -15.5. The van der Waals surface area contributed by atoms with E-state index in [0.717, 1.165) is 27.8 Å². The van der Waals surface area contributed by atoms with E-state index >= 15 is 0 Å². The van der Waals surface area contributed by atoms with Crippen LogP contribution < -0.4 is 50.2 Å². The zero-order valence-corrected chi connectivity index (χ0v) is 81.4. The first-order valence-electron chi connectivity index (χ1n) is 42.0. The van der Waals surface area contributed by atoms with Crippen LogP contribution in [0.4, 0.5) is 28.4 Å². The maximum atomic E-state index is 13.0. The number of benzene rings is 5. The van der Waals surface area contributed by atoms with Crippen LogP contribution in [0.15, 0.2) is 234 Å². The summed E-state index contributed by atoms with van der Waals surface area (Å²) < 4.78 is 147. The van der Waals surface area contributed by atoms with Crippen molar-refractivity contribution in [1.82, 2.24) is 46.4 Å². The Morgan fingerprint density at radius 1 is 0.362 bits per heavy atom. The van der Waals surface area contributed by atoms with Gasteiger partial charge in [0.05, 0.1) is 81.3 Å². The maximum absolute atomic E-state index is 13.0. The molecule has 5 aromatic heterocycles. The smallest absolute Gasteiger partial charge is 0.272 e. The predicted octanol–water partition coefficient (Wildman–Crippen LogP) is 12.7. The molecule has 0 saturated heterocycles. The van der Waals surface area contributed by atoms with Gasteiger partial charge in [-0.2, -0.15) is 35.8 Å². The quantitative estimate of drug-likeness (QED) is 0.0426. The number of sulfonamides is 5. The van der Waals surface area contributed by atoms with Crippen molar-refractivity contribution in [3.8, 4) is 30.3 Å². The highest BCUT2D eigenvalue weighted by Gasteiger charge is 2.40. The average Bonchev–Trinajstić information content (AvgIpc) is 1.64. The van der Waals surface area contributed by atoms with E-state index in [-0.39, 0.29) is 52.9 Å². The second kappa shape index (κ2) is 40.6. The molecule has 0 radical (unpaired) electrons. The molecule has 15 rings (SSSR count). The van der Waals surface area contributed by atoms with Crippen LogP contribution in [-0.2, 0) is 91.8 Å². The van der Waals surface area contributed by atoms with Crippen LogP contribution in [0.1, 0.15) is 163 Å². The fourth-order valence-corrected chi connectivity index (χ4v) is 23.0. The third kappa shape index (κ3) is 22.2. The number of hydrogen-bond donors (Lipinski definition) is 10. The standard InChI is InChI=1S/C20H22N4O3S.2C20H20N4O3S.2C19H18N4O3S/c3*1-5-20(3)9-8-16-17(28(26,27)23-20)12-24(4)18(16)19(25)22-15-7-6-13(2)14(10-15)11-21;2*1-4-14-7-8-16-17(27(25,26)22-14)11-23(3)18(16)19(24)21-15-6-5-12(2)13(9-15)10-20/h5-7,10,12,23H,1,8-9H2,2-4H3,(H,22,25);2*5-10,12,23H,1H2,2-4H3,(H,22,25);2*4-9,11,14,22H,1H2,2-3H3,(H,21,24)/t3*20-;2*14-/m11010/s1. The molecule has 0 unspecified atom stereocenters. The monoisotopic (exact) mass is 1950 g/mol. The van der Waals surface area contributed by atoms with Crippen molar-refractivity contribution in [3.63, 3.8) is 0 Å². The molecule has 0 aliphatic carbocycles. The minimum atomic E-state index is -3.85. The number of hydrogen-bond acceptors (Lipinski definition) is 20. The highest BCUT2D eigenvalue weighted by Crippen LogP contribution is 2.37. The number of carbonyl (C=O) groups excluding carboxylic acids is 5. The molecule has 40 heteroatoms. The number of aromatic nitrogens is 5. The molecule has 710 valence electrons. The van der Waals surface area contributed by atoms with Gasteiger partial charge < -0.3 is 49.4 Å². The summed E-state index contributed by atoms with van der Waals surface area (Å²) in [5.74, 6) is -2.31. The number of fused-ring (bicyclic) bond motifs is 5. The number of nitriles is 5. The fraction of sp³-hybridized carbons (Fsp3) is 0.204. The lowest BCUT2D eigenvalue weighted by molar-refractivity contribution is 0.101. The number of aryl methyl sites for hydroxylation is 10. The summed E-state index contributed by atoms with van der Waals surface area (Å²) in [4.78, 5) is 64.7. The lowest BCUT2D eigenvalue weighted by Gasteiger charge is -2.24. The zero-order valence-electron chi connectivity index (χ0n) is 77.3. The number of nitrogens with zero attached hydrogens (tertiary/aromatic N) is 10. The molecule has 5 atom stereocenters. The van der Waals surface area contributed by atoms with Crippen molar-refractivity contribution in [3.05, 3.63) is 321 Å². The molecule has 35 nitrogen and oxygen atoms in total. The van der Waals surface area contributed by atoms with Gasteiger partial charge >= 0.3 is 0 Å². The molecule has 10 N–H and O–H groups in total. The highest BCUT2D eigenvalue weighted by molar-refractivity contribution is 7.90. The van der Waals surface area contributed by atoms with Gasteiger partial charge in [-0.3, -0.25) is 24.0 Å². The van der Waals surface area contributed by atoms with Crippen molar-refractivity contribution < 1.29 is 66.1 Å². The molecule has 0 saturated carbocycles. The first-order chi connectivity index (χ1) is 64.8. The van der Waals surface area contributed by atoms with Crippen LogP contribution >= 0.6 is 0 Å². The third-order valence-electron chi connectivity index (χ3n) is 23.1. The second-order valence-corrected chi connectivity index (χ2v) is 41.8. The first kappa shape index (κ1) is 103. The molecule has 5 aliphatic rings. The van der Waals surface area contributed by atoms with Crippen molar-refractivity contribution in [2.75, 3.05) is 26.6 Å². The van der Waals surface area contributed by atoms with E-state index in [1.807, 2.05) is 6.92 Å². The molecule has 0 fully saturated rings. The van der Waals surface area contributed by atoms with Gasteiger partial charge in [0, 0.05) is 128 Å². The van der Waals surface area contributed by atoms with Crippen molar-refractivity contribution in [2.45, 2.75) is 121 Å². The number of carbonyl (C=O) groups is 5. The Morgan fingerprint density at radius 3 is 0.870 bits per heavy atom. The molecular weight excluding hydrogens is 1860 g/mol. The van der Waals surface area contributed by atoms with Gasteiger partial charge in [-0.15, -0.1) is 32.9 Å². The Morgan fingerprint density at radius 2 is 0.609 bits per heavy atom. The molecule has 5 aromatic carbocycles. The van der Waals surface area contributed by atoms with Crippen molar-refractivity contribution >= 4 is 132 Å². The van der Waals surface area contributed by atoms with E-state index in [0.29, 0.717) is 96.9 Å². The SMILES string of the molecule is C=C[C@@H]1C=Cc2c(cn(C)c2C(=O)Nc2ccc(C)c(C#N)c2)S(=O)(=O)N1.C=C[C@@]1(C)C=Cc2c(cn(C)c2C(=O)Nc2ccc(C)c(C#N)c2)S(=O)(=O)N1.C=C[C@H]1C=Cc2c(cn(C)c2C(=O)Nc2ccc(C)c(C#N)c2)S(=O)(=O)N1.C=C[C@]1(C)C=Cc2c(cn(C)c2C(=O)Nc2ccc(C)c(C#N)c2)S(=O)(=O)N1.C=C[C@]1(C)CCc2c(cn(C)c2C(=O)Nc2ccc(C)c(C#N)c2)S(=O)(=O)N1. The highest BCUT2D eigenvalue weighted by atomic mass is 32.2. The predicted molar refractivity (Wildman–Crippen MR) is 526 cm³/mol. The Balaban J connectivity index is 0.000000165. The molecule has 0 spiro atoms. The van der Waals surface area contributed by atoms with Gasteiger partial charge in [-0.25, -0.2) is 56.3 Å². The second-order valence-electron chi connectivity index (χ2n) is 33.4. The summed E-state index contributed by atoms with van der Waals surface area (Å²) in [6, 6.07) is 34.4. The zero-order chi connectivity index (χ0) is 102. The summed E-state index contributed by atoms with van der Waals surface area (Å²) in [5, 5.41) is 59.5. The average molecular weight is 1960 g/mol. The van der Waals surface area contributed by atoms with E-state index in [4.69, 9.17) is 21.0 Å². The molecule has 10 heterocycles. The number of rotatable bonds is 15. The summed E-state index contributed by atoms with van der Waals surface area (Å²) in [5.41, 5.74) is 8.69. The van der Waals surface area contributed by atoms with E-state index in [2.05, 4.69) is 113 Å². The van der Waals surface area contributed by atoms with E-state index < -0.39 is 108 Å². The normalized spacial score (nSPS) is 19.1. The molecule has 5 amide bonds. The topological polar surface area (TPSA) is 520 Å². The van der Waals surface area contributed by atoms with Crippen LogP contribution in [0.2, 0.25) is 0 Å². The van der Waals surface area contributed by atoms with Gasteiger partial charge in [0.2, 0.25) is 50.1 Å². The minimum absolute atomic E-state index is 0.0172. The van der Waals surface area contributed by atoms with Crippen LogP contribution in [0, 0.1) is 91.3 Å². The summed E-state index contributed by atoms with van der Waals surface area (Å²) in [6.07, 6.45) is 28.4. The van der Waals surface area contributed by atoms with Gasteiger partial charge in [-0.1, -0.05) is 109 Å². The van der Waals surface area contributed by atoms with Gasteiger partial charge in [0.15, 0.2) is 0 Å². The molecule has 0 bridgehead atoms. The van der Waals surface area contributed by atoms with Crippen LogP contribution in [-0.4, -0.2) is 123 Å². The van der Waals surface area contributed by atoms with Gasteiger partial charge in [-0.05, 0) is 157 Å². The van der Waals surface area contributed by atoms with Crippen molar-refractivity contribution in [2.24, 2.45) is 35.2 Å². The van der Waals surface area contributed by atoms with Crippen LogP contribution in [0.3, 0.4) is 0 Å². The first-order valence-corrected chi connectivity index (χ1v) is 49.4. The molecule has 5 aliphatic heterocycles. The van der Waals surface area contributed by atoms with Crippen molar-refractivity contribution in [1.29, 1.82) is 26.3 Å². The number of anilines is 5. The maximum Gasteiger partial charge on any atom is 0.272 e. The summed E-state index contributed by atoms with van der Waals surface area (Å²) in [6.45, 7) is 32.4. The minimum Gasteiger partial charge on any atom is -0.345 e. The number of amides is 5. The summed E-state index contributed by atoms with van der Waals surface area (Å²) >= 11 is 0. The third-order valence-corrected chi connectivity index (χ3v) is 30.9. The Labute approximate surface area is 800 Å². The van der Waals surface area contributed by atoms with E-state index in [1.54, 1.807) is 229 Å². The molecule has 10 aromatic rings. The van der Waals surface area contributed by atoms with E-state index in [9.17, 15) is 71.3 Å². The van der Waals surface area contributed by atoms with Gasteiger partial charge in [0.1, 0.15) is 52.9 Å².